The second kappa shape index (κ2) is 5.56. The van der Waals surface area contributed by atoms with Crippen LogP contribution in [0.4, 0.5) is 11.6 Å². The van der Waals surface area contributed by atoms with Gasteiger partial charge in [-0.1, -0.05) is 0 Å². The molecule has 0 fully saturated rings. The molecule has 0 unspecified atom stereocenters. The number of rotatable bonds is 4. The van der Waals surface area contributed by atoms with Crippen molar-refractivity contribution in [2.75, 3.05) is 11.9 Å². The van der Waals surface area contributed by atoms with Crippen LogP contribution in [0.3, 0.4) is 0 Å². The molecule has 1 aromatic heterocycles. The van der Waals surface area contributed by atoms with Crippen molar-refractivity contribution in [3.8, 4) is 5.75 Å². The Labute approximate surface area is 111 Å². The Bertz CT molecular complexity index is 618. The predicted octanol–water partition coefficient (Wildman–Crippen LogP) is 2.53. The lowest BCUT2D eigenvalue weighted by Gasteiger charge is -2.08. The standard InChI is InChI=1S/C14H17N3O2/c1-4-19-12-7-5-11(6-8-12)16-14-15-10(3)9(2)13(18)17-14/h5-8H,4H2,1-3H3,(H2,15,16,17,18). The summed E-state index contributed by atoms with van der Waals surface area (Å²) >= 11 is 0. The van der Waals surface area contributed by atoms with Gasteiger partial charge in [0, 0.05) is 16.9 Å². The Morgan fingerprint density at radius 1 is 1.26 bits per heavy atom. The van der Waals surface area contributed by atoms with Gasteiger partial charge in [0.25, 0.3) is 5.56 Å². The summed E-state index contributed by atoms with van der Waals surface area (Å²) in [7, 11) is 0. The Morgan fingerprint density at radius 3 is 2.53 bits per heavy atom. The maximum atomic E-state index is 11.6. The van der Waals surface area contributed by atoms with Crippen LogP contribution in [-0.2, 0) is 0 Å². The molecule has 0 aliphatic carbocycles. The van der Waals surface area contributed by atoms with Gasteiger partial charge in [0.2, 0.25) is 5.95 Å². The van der Waals surface area contributed by atoms with E-state index in [0.717, 1.165) is 17.1 Å². The van der Waals surface area contributed by atoms with Crippen LogP contribution < -0.4 is 15.6 Å². The molecule has 5 nitrogen and oxygen atoms in total. The zero-order valence-corrected chi connectivity index (χ0v) is 11.3. The number of aromatic nitrogens is 2. The average molecular weight is 259 g/mol. The highest BCUT2D eigenvalue weighted by molar-refractivity contribution is 5.54. The van der Waals surface area contributed by atoms with E-state index in [9.17, 15) is 4.79 Å². The van der Waals surface area contributed by atoms with Gasteiger partial charge < -0.3 is 10.1 Å². The van der Waals surface area contributed by atoms with E-state index in [-0.39, 0.29) is 5.56 Å². The average Bonchev–Trinajstić information content (AvgIpc) is 2.38. The van der Waals surface area contributed by atoms with Crippen LogP contribution in [0.1, 0.15) is 18.2 Å². The lowest BCUT2D eigenvalue weighted by molar-refractivity contribution is 0.340. The van der Waals surface area contributed by atoms with Crippen LogP contribution in [0, 0.1) is 13.8 Å². The normalized spacial score (nSPS) is 10.3. The molecule has 2 N–H and O–H groups in total. The van der Waals surface area contributed by atoms with E-state index in [0.29, 0.717) is 18.1 Å². The highest BCUT2D eigenvalue weighted by Crippen LogP contribution is 2.17. The predicted molar refractivity (Wildman–Crippen MR) is 75.2 cm³/mol. The molecule has 0 saturated heterocycles. The molecule has 100 valence electrons. The van der Waals surface area contributed by atoms with Crippen LogP contribution in [0.2, 0.25) is 0 Å². The minimum Gasteiger partial charge on any atom is -0.494 e. The number of H-pyrrole nitrogens is 1. The maximum Gasteiger partial charge on any atom is 0.255 e. The Balaban J connectivity index is 2.19. The van der Waals surface area contributed by atoms with Crippen molar-refractivity contribution in [3.63, 3.8) is 0 Å². The number of benzene rings is 1. The van der Waals surface area contributed by atoms with Crippen LogP contribution >= 0.6 is 0 Å². The second-order valence-corrected chi connectivity index (χ2v) is 4.21. The number of nitrogens with one attached hydrogen (secondary N) is 2. The largest absolute Gasteiger partial charge is 0.494 e. The molecule has 0 amide bonds. The third kappa shape index (κ3) is 3.13. The van der Waals surface area contributed by atoms with Gasteiger partial charge in [0.15, 0.2) is 0 Å². The number of aromatic amines is 1. The zero-order valence-electron chi connectivity index (χ0n) is 11.3. The van der Waals surface area contributed by atoms with Crippen LogP contribution in [0.5, 0.6) is 5.75 Å². The van der Waals surface area contributed by atoms with Crippen molar-refractivity contribution in [1.82, 2.24) is 9.97 Å². The summed E-state index contributed by atoms with van der Waals surface area (Å²) in [4.78, 5) is 18.6. The Morgan fingerprint density at radius 2 is 1.95 bits per heavy atom. The van der Waals surface area contributed by atoms with Crippen molar-refractivity contribution in [2.45, 2.75) is 20.8 Å². The van der Waals surface area contributed by atoms with Crippen LogP contribution in [0.25, 0.3) is 0 Å². The summed E-state index contributed by atoms with van der Waals surface area (Å²) in [6.45, 7) is 6.14. The third-order valence-electron chi connectivity index (χ3n) is 2.82. The van der Waals surface area contributed by atoms with Crippen molar-refractivity contribution < 1.29 is 4.74 Å². The molecule has 2 aromatic rings. The fourth-order valence-electron chi connectivity index (χ4n) is 1.64. The first-order valence-electron chi connectivity index (χ1n) is 6.17. The summed E-state index contributed by atoms with van der Waals surface area (Å²) in [5, 5.41) is 3.06. The molecule has 19 heavy (non-hydrogen) atoms. The molecule has 0 aliphatic rings. The first-order valence-corrected chi connectivity index (χ1v) is 6.17. The second-order valence-electron chi connectivity index (χ2n) is 4.21. The molecule has 0 spiro atoms. The smallest absolute Gasteiger partial charge is 0.255 e. The summed E-state index contributed by atoms with van der Waals surface area (Å²) in [5.74, 6) is 1.26. The van der Waals surface area contributed by atoms with Gasteiger partial charge in [-0.3, -0.25) is 9.78 Å². The van der Waals surface area contributed by atoms with E-state index < -0.39 is 0 Å². The van der Waals surface area contributed by atoms with Crippen LogP contribution in [-0.4, -0.2) is 16.6 Å². The minimum atomic E-state index is -0.124. The monoisotopic (exact) mass is 259 g/mol. The van der Waals surface area contributed by atoms with Crippen molar-refractivity contribution in [1.29, 1.82) is 0 Å². The summed E-state index contributed by atoms with van der Waals surface area (Å²) in [6.07, 6.45) is 0. The molecule has 0 atom stereocenters. The molecule has 2 rings (SSSR count). The highest BCUT2D eigenvalue weighted by Gasteiger charge is 2.03. The number of aryl methyl sites for hydroxylation is 1. The number of anilines is 2. The van der Waals surface area contributed by atoms with Gasteiger partial charge >= 0.3 is 0 Å². The van der Waals surface area contributed by atoms with Gasteiger partial charge in [-0.15, -0.1) is 0 Å². The van der Waals surface area contributed by atoms with E-state index in [1.807, 2.05) is 38.1 Å². The molecule has 0 bridgehead atoms. The zero-order chi connectivity index (χ0) is 13.8. The molecule has 0 saturated carbocycles. The third-order valence-corrected chi connectivity index (χ3v) is 2.82. The highest BCUT2D eigenvalue weighted by atomic mass is 16.5. The SMILES string of the molecule is CCOc1ccc(Nc2nc(C)c(C)c(=O)[nH]2)cc1. The topological polar surface area (TPSA) is 67.0 Å². The quantitative estimate of drug-likeness (QED) is 0.885. The molecule has 0 radical (unpaired) electrons. The van der Waals surface area contributed by atoms with Gasteiger partial charge in [-0.2, -0.15) is 0 Å². The van der Waals surface area contributed by atoms with Crippen molar-refractivity contribution in [3.05, 3.63) is 45.9 Å². The van der Waals surface area contributed by atoms with Crippen molar-refractivity contribution >= 4 is 11.6 Å². The van der Waals surface area contributed by atoms with Gasteiger partial charge in [-0.25, -0.2) is 4.98 Å². The van der Waals surface area contributed by atoms with E-state index in [4.69, 9.17) is 4.74 Å². The van der Waals surface area contributed by atoms with Gasteiger partial charge in [0.1, 0.15) is 5.75 Å². The molecule has 1 aromatic carbocycles. The fourth-order valence-corrected chi connectivity index (χ4v) is 1.64. The van der Waals surface area contributed by atoms with Crippen molar-refractivity contribution in [2.24, 2.45) is 0 Å². The van der Waals surface area contributed by atoms with E-state index in [2.05, 4.69) is 15.3 Å². The maximum absolute atomic E-state index is 11.6. The lowest BCUT2D eigenvalue weighted by atomic mass is 10.3. The first-order chi connectivity index (χ1) is 9.10. The first kappa shape index (κ1) is 13.1. The van der Waals surface area contributed by atoms with Gasteiger partial charge in [0.05, 0.1) is 6.61 Å². The molecule has 1 heterocycles. The van der Waals surface area contributed by atoms with E-state index in [1.165, 1.54) is 0 Å². The number of nitrogens with zero attached hydrogens (tertiary/aromatic N) is 1. The number of hydrogen-bond donors (Lipinski definition) is 2. The Hall–Kier alpha value is -2.30. The summed E-state index contributed by atoms with van der Waals surface area (Å²) < 4.78 is 5.36. The fraction of sp³-hybridized carbons (Fsp3) is 0.286. The summed E-state index contributed by atoms with van der Waals surface area (Å²) in [5.41, 5.74) is 2.07. The number of hydrogen-bond acceptors (Lipinski definition) is 4. The molecular formula is C14H17N3O2. The van der Waals surface area contributed by atoms with E-state index in [1.54, 1.807) is 6.92 Å². The summed E-state index contributed by atoms with van der Waals surface area (Å²) in [6, 6.07) is 7.48. The number of ether oxygens (including phenoxy) is 1. The minimum absolute atomic E-state index is 0.124. The van der Waals surface area contributed by atoms with E-state index >= 15 is 0 Å². The molecule has 5 heteroatoms. The lowest BCUT2D eigenvalue weighted by Crippen LogP contribution is -2.15. The Kier molecular flexibility index (Phi) is 3.85. The molecular weight excluding hydrogens is 242 g/mol. The van der Waals surface area contributed by atoms with Crippen LogP contribution in [0.15, 0.2) is 29.1 Å². The van der Waals surface area contributed by atoms with Gasteiger partial charge in [-0.05, 0) is 45.0 Å². The molecule has 0 aliphatic heterocycles.